The van der Waals surface area contributed by atoms with Crippen molar-refractivity contribution in [1.82, 2.24) is 9.80 Å². The van der Waals surface area contributed by atoms with Crippen LogP contribution in [0, 0.1) is 5.41 Å². The zero-order valence-corrected chi connectivity index (χ0v) is 9.41. The van der Waals surface area contributed by atoms with Crippen LogP contribution in [0.25, 0.3) is 0 Å². The summed E-state index contributed by atoms with van der Waals surface area (Å²) in [5.41, 5.74) is 0.457. The van der Waals surface area contributed by atoms with Gasteiger partial charge in [0.1, 0.15) is 0 Å². The molecule has 0 aromatic heterocycles. The average Bonchev–Trinajstić information content (AvgIpc) is 2.24. The second-order valence-electron chi connectivity index (χ2n) is 5.07. The van der Waals surface area contributed by atoms with E-state index in [-0.39, 0.29) is 0 Å². The predicted octanol–water partition coefficient (Wildman–Crippen LogP) is 1.47. The molecule has 15 heavy (non-hydrogen) atoms. The molecule has 0 aromatic rings. The number of carbonyl (C=O) groups is 1. The highest BCUT2D eigenvalue weighted by Gasteiger charge is 2.37. The Morgan fingerprint density at radius 2 is 1.53 bits per heavy atom. The van der Waals surface area contributed by atoms with Crippen molar-refractivity contribution in [2.45, 2.75) is 25.7 Å². The Bertz CT molecular complexity index is 237. The van der Waals surface area contributed by atoms with Gasteiger partial charge in [-0.1, -0.05) is 0 Å². The first-order chi connectivity index (χ1) is 7.11. The standard InChI is InChI=1S/C11H20N2O2/c1-12-6-2-11(3-7-12)4-8-13(9-5-11)10(14)15/h2-9H2,1H3,(H,14,15). The first-order valence-corrected chi connectivity index (χ1v) is 5.78. The van der Waals surface area contributed by atoms with E-state index in [0.29, 0.717) is 5.41 Å². The highest BCUT2D eigenvalue weighted by Crippen LogP contribution is 2.40. The van der Waals surface area contributed by atoms with Gasteiger partial charge in [-0.05, 0) is 51.2 Å². The van der Waals surface area contributed by atoms with Gasteiger partial charge in [-0.2, -0.15) is 0 Å². The molecule has 0 radical (unpaired) electrons. The van der Waals surface area contributed by atoms with Crippen molar-refractivity contribution in [3.63, 3.8) is 0 Å². The smallest absolute Gasteiger partial charge is 0.407 e. The van der Waals surface area contributed by atoms with Crippen LogP contribution in [0.1, 0.15) is 25.7 Å². The maximum atomic E-state index is 10.8. The largest absolute Gasteiger partial charge is 0.465 e. The Balaban J connectivity index is 1.89. The Morgan fingerprint density at radius 3 is 2.00 bits per heavy atom. The summed E-state index contributed by atoms with van der Waals surface area (Å²) in [5.74, 6) is 0. The van der Waals surface area contributed by atoms with Gasteiger partial charge in [-0.25, -0.2) is 4.79 Å². The minimum absolute atomic E-state index is 0.457. The maximum Gasteiger partial charge on any atom is 0.407 e. The summed E-state index contributed by atoms with van der Waals surface area (Å²) in [6.45, 7) is 3.82. The molecular formula is C11H20N2O2. The van der Waals surface area contributed by atoms with Gasteiger partial charge >= 0.3 is 6.09 Å². The molecule has 0 aliphatic carbocycles. The van der Waals surface area contributed by atoms with Crippen LogP contribution in [-0.2, 0) is 0 Å². The number of nitrogens with zero attached hydrogens (tertiary/aromatic N) is 2. The van der Waals surface area contributed by atoms with E-state index in [1.807, 2.05) is 0 Å². The van der Waals surface area contributed by atoms with Crippen LogP contribution in [0.3, 0.4) is 0 Å². The van der Waals surface area contributed by atoms with Crippen molar-refractivity contribution in [2.24, 2.45) is 5.41 Å². The first-order valence-electron chi connectivity index (χ1n) is 5.78. The van der Waals surface area contributed by atoms with E-state index in [2.05, 4.69) is 11.9 Å². The summed E-state index contributed by atoms with van der Waals surface area (Å²) >= 11 is 0. The van der Waals surface area contributed by atoms with Gasteiger partial charge in [-0.3, -0.25) is 0 Å². The zero-order valence-electron chi connectivity index (χ0n) is 9.41. The fourth-order valence-corrected chi connectivity index (χ4v) is 2.77. The molecule has 0 saturated carbocycles. The summed E-state index contributed by atoms with van der Waals surface area (Å²) in [5, 5.41) is 8.88. The molecule has 1 spiro atoms. The van der Waals surface area contributed by atoms with Crippen molar-refractivity contribution in [3.05, 3.63) is 0 Å². The fraction of sp³-hybridized carbons (Fsp3) is 0.909. The molecule has 2 rings (SSSR count). The van der Waals surface area contributed by atoms with Crippen molar-refractivity contribution >= 4 is 6.09 Å². The summed E-state index contributed by atoms with van der Waals surface area (Å²) < 4.78 is 0. The second-order valence-corrected chi connectivity index (χ2v) is 5.07. The first kappa shape index (κ1) is 10.7. The van der Waals surface area contributed by atoms with Crippen molar-refractivity contribution in [3.8, 4) is 0 Å². The summed E-state index contributed by atoms with van der Waals surface area (Å²) in [7, 11) is 2.17. The third-order valence-corrected chi connectivity index (χ3v) is 4.14. The number of amides is 1. The molecule has 0 unspecified atom stereocenters. The molecule has 2 heterocycles. The lowest BCUT2D eigenvalue weighted by molar-refractivity contribution is 0.0436. The van der Waals surface area contributed by atoms with Crippen molar-refractivity contribution in [2.75, 3.05) is 33.2 Å². The number of carboxylic acid groups (broad SMARTS) is 1. The molecule has 4 heteroatoms. The SMILES string of the molecule is CN1CCC2(CC1)CCN(C(=O)O)CC2. The molecular weight excluding hydrogens is 192 g/mol. The number of hydrogen-bond acceptors (Lipinski definition) is 2. The van der Waals surface area contributed by atoms with Gasteiger partial charge in [-0.15, -0.1) is 0 Å². The van der Waals surface area contributed by atoms with Gasteiger partial charge in [0.2, 0.25) is 0 Å². The van der Waals surface area contributed by atoms with E-state index >= 15 is 0 Å². The van der Waals surface area contributed by atoms with Crippen LogP contribution in [-0.4, -0.2) is 54.2 Å². The topological polar surface area (TPSA) is 43.8 Å². The Labute approximate surface area is 90.9 Å². The van der Waals surface area contributed by atoms with Crippen LogP contribution in [0.15, 0.2) is 0 Å². The van der Waals surface area contributed by atoms with E-state index in [1.54, 1.807) is 4.90 Å². The predicted molar refractivity (Wildman–Crippen MR) is 58.0 cm³/mol. The highest BCUT2D eigenvalue weighted by atomic mass is 16.4. The fourth-order valence-electron chi connectivity index (χ4n) is 2.77. The lowest BCUT2D eigenvalue weighted by atomic mass is 9.71. The van der Waals surface area contributed by atoms with E-state index in [0.717, 1.165) is 25.9 Å². The zero-order chi connectivity index (χ0) is 10.9. The van der Waals surface area contributed by atoms with Crippen LogP contribution < -0.4 is 0 Å². The lowest BCUT2D eigenvalue weighted by Gasteiger charge is -2.45. The lowest BCUT2D eigenvalue weighted by Crippen LogP contribution is -2.47. The molecule has 2 saturated heterocycles. The molecule has 0 atom stereocenters. The van der Waals surface area contributed by atoms with Crippen LogP contribution >= 0.6 is 0 Å². The molecule has 0 aromatic carbocycles. The van der Waals surface area contributed by atoms with Gasteiger partial charge < -0.3 is 14.9 Å². The van der Waals surface area contributed by atoms with Crippen molar-refractivity contribution in [1.29, 1.82) is 0 Å². The van der Waals surface area contributed by atoms with E-state index in [9.17, 15) is 4.79 Å². The number of likely N-dealkylation sites (tertiary alicyclic amines) is 2. The number of rotatable bonds is 0. The average molecular weight is 212 g/mol. The molecule has 1 N–H and O–H groups in total. The third kappa shape index (κ3) is 2.25. The van der Waals surface area contributed by atoms with Gasteiger partial charge in [0, 0.05) is 13.1 Å². The van der Waals surface area contributed by atoms with E-state index < -0.39 is 6.09 Å². The minimum Gasteiger partial charge on any atom is -0.465 e. The molecule has 2 aliphatic heterocycles. The highest BCUT2D eigenvalue weighted by molar-refractivity contribution is 5.65. The molecule has 4 nitrogen and oxygen atoms in total. The third-order valence-electron chi connectivity index (χ3n) is 4.14. The quantitative estimate of drug-likeness (QED) is 0.661. The summed E-state index contributed by atoms with van der Waals surface area (Å²) in [4.78, 5) is 14.7. The van der Waals surface area contributed by atoms with Crippen LogP contribution in [0.2, 0.25) is 0 Å². The minimum atomic E-state index is -0.752. The molecule has 2 aliphatic rings. The molecule has 2 fully saturated rings. The van der Waals surface area contributed by atoms with Gasteiger partial charge in [0.25, 0.3) is 0 Å². The van der Waals surface area contributed by atoms with Crippen LogP contribution in [0.4, 0.5) is 4.79 Å². The number of piperidine rings is 2. The maximum absolute atomic E-state index is 10.8. The van der Waals surface area contributed by atoms with E-state index in [1.165, 1.54) is 25.9 Å². The Morgan fingerprint density at radius 1 is 1.07 bits per heavy atom. The van der Waals surface area contributed by atoms with Gasteiger partial charge in [0.05, 0.1) is 0 Å². The van der Waals surface area contributed by atoms with Crippen LogP contribution in [0.5, 0.6) is 0 Å². The van der Waals surface area contributed by atoms with E-state index in [4.69, 9.17) is 5.11 Å². The molecule has 1 amide bonds. The Kier molecular flexibility index (Phi) is 2.87. The second kappa shape index (κ2) is 4.00. The summed E-state index contributed by atoms with van der Waals surface area (Å²) in [6.07, 6.45) is 3.87. The molecule has 86 valence electrons. The number of hydrogen-bond donors (Lipinski definition) is 1. The molecule has 0 bridgehead atoms. The normalized spacial score (nSPS) is 26.9. The summed E-state index contributed by atoms with van der Waals surface area (Å²) in [6, 6.07) is 0. The monoisotopic (exact) mass is 212 g/mol. The van der Waals surface area contributed by atoms with Gasteiger partial charge in [0.15, 0.2) is 0 Å². The van der Waals surface area contributed by atoms with Crippen molar-refractivity contribution < 1.29 is 9.90 Å². The Hall–Kier alpha value is -0.770.